The maximum absolute atomic E-state index is 13.5. The van der Waals surface area contributed by atoms with E-state index in [1.54, 1.807) is 13.8 Å². The van der Waals surface area contributed by atoms with Crippen LogP contribution in [0, 0.1) is 28.6 Å². The third-order valence-electron chi connectivity index (χ3n) is 9.36. The Morgan fingerprint density at radius 3 is 2.27 bits per heavy atom. The number of esters is 1. The number of rotatable bonds is 8. The minimum absolute atomic E-state index is 0.000109. The maximum atomic E-state index is 13.5. The van der Waals surface area contributed by atoms with Crippen molar-refractivity contribution in [2.24, 2.45) is 28.6 Å². The number of carbonyl (C=O) groups is 3. The number of carbonyl (C=O) groups excluding carboxylic acids is 3. The van der Waals surface area contributed by atoms with Crippen molar-refractivity contribution in [2.75, 3.05) is 19.1 Å². The van der Waals surface area contributed by atoms with E-state index < -0.39 is 96.9 Å². The van der Waals surface area contributed by atoms with Crippen molar-refractivity contribution in [3.05, 3.63) is 36.0 Å². The molecule has 0 bridgehead atoms. The molecule has 0 aliphatic heterocycles. The van der Waals surface area contributed by atoms with E-state index in [0.29, 0.717) is 0 Å². The molecule has 0 unspecified atom stereocenters. The number of allylic oxidation sites excluding steroid dienone is 3. The van der Waals surface area contributed by atoms with Gasteiger partial charge >= 0.3 is 5.97 Å². The van der Waals surface area contributed by atoms with Gasteiger partial charge in [-0.3, -0.25) is 22.7 Å². The van der Waals surface area contributed by atoms with E-state index in [4.69, 9.17) is 13.1 Å². The Kier molecular flexibility index (Phi) is 7.88. The largest absolute Gasteiger partial charge is 0.446 e. The van der Waals surface area contributed by atoms with Gasteiger partial charge in [-0.2, -0.15) is 16.8 Å². The molecule has 0 spiro atoms. The fraction of sp³-hybridized carbons (Fsp3) is 0.667. The average Bonchev–Trinajstić information content (AvgIpc) is 3.06. The van der Waals surface area contributed by atoms with E-state index >= 15 is 0 Å². The Balaban J connectivity index is 2.02. The zero-order valence-electron chi connectivity index (χ0n) is 23.5. The van der Waals surface area contributed by atoms with Gasteiger partial charge in [0, 0.05) is 23.2 Å². The van der Waals surface area contributed by atoms with Crippen LogP contribution < -0.4 is 0 Å². The Labute approximate surface area is 239 Å². The fourth-order valence-electron chi connectivity index (χ4n) is 7.96. The zero-order valence-corrected chi connectivity index (χ0v) is 25.2. The predicted octanol–water partition coefficient (Wildman–Crippen LogP) is 0.594. The van der Waals surface area contributed by atoms with E-state index in [-0.39, 0.29) is 30.4 Å². The van der Waals surface area contributed by atoms with Crippen LogP contribution in [0.4, 0.5) is 0 Å². The number of ether oxygens (including phenoxy) is 1. The summed E-state index contributed by atoms with van der Waals surface area (Å²) in [4.78, 5) is 38.6. The van der Waals surface area contributed by atoms with Gasteiger partial charge in [-0.25, -0.2) is 0 Å². The third-order valence-corrected chi connectivity index (χ3v) is 10.5. The molecule has 3 fully saturated rings. The molecule has 4 rings (SSSR count). The van der Waals surface area contributed by atoms with E-state index in [9.17, 15) is 41.4 Å². The lowest BCUT2D eigenvalue weighted by molar-refractivity contribution is -0.207. The molecule has 228 valence electrons. The second kappa shape index (κ2) is 10.2. The molecule has 0 radical (unpaired) electrons. The summed E-state index contributed by atoms with van der Waals surface area (Å²) >= 11 is 0. The van der Waals surface area contributed by atoms with Crippen LogP contribution >= 0.6 is 0 Å². The highest BCUT2D eigenvalue weighted by Crippen LogP contribution is 2.69. The van der Waals surface area contributed by atoms with Crippen molar-refractivity contribution >= 4 is 37.8 Å². The molecule has 9 atom stereocenters. The fourth-order valence-corrected chi connectivity index (χ4v) is 9.19. The smallest absolute Gasteiger partial charge is 0.306 e. The highest BCUT2D eigenvalue weighted by atomic mass is 32.2. The topological polar surface area (TPSA) is 188 Å². The standard InChI is InChI=1S/C27H36O12S2/c1-7-20(32)37-27(19(31)13-28)14(2)10-16-21-22(18(30)12-26(16,27)4)25(3)9-8-15(29)11-17(25)23(38-40(5,33)34)24(21)39-41(6,35)36/h8-9,11,16,18,21-24,28,30H,2,7,10,12-13H2,1,3-6H3/t16-,18-,21-,22-,23-,24+,25-,26-,27+/m0/s1. The van der Waals surface area contributed by atoms with Crippen LogP contribution in [0.2, 0.25) is 0 Å². The molecule has 12 nitrogen and oxygen atoms in total. The number of ketones is 2. The third kappa shape index (κ3) is 4.95. The van der Waals surface area contributed by atoms with Gasteiger partial charge in [0.1, 0.15) is 18.8 Å². The lowest BCUT2D eigenvalue weighted by Crippen LogP contribution is -2.68. The van der Waals surface area contributed by atoms with Crippen molar-refractivity contribution in [2.45, 2.75) is 63.9 Å². The molecule has 4 aliphatic rings. The summed E-state index contributed by atoms with van der Waals surface area (Å²) in [5.41, 5.74) is -4.39. The zero-order chi connectivity index (χ0) is 30.9. The first-order chi connectivity index (χ1) is 18.8. The molecule has 4 aliphatic carbocycles. The summed E-state index contributed by atoms with van der Waals surface area (Å²) in [6.45, 7) is 7.85. The summed E-state index contributed by atoms with van der Waals surface area (Å²) in [6.07, 6.45) is 0.858. The monoisotopic (exact) mass is 616 g/mol. The van der Waals surface area contributed by atoms with Gasteiger partial charge in [-0.1, -0.05) is 33.4 Å². The van der Waals surface area contributed by atoms with Gasteiger partial charge in [-0.15, -0.1) is 0 Å². The van der Waals surface area contributed by atoms with E-state index in [2.05, 4.69) is 6.58 Å². The Hall–Kier alpha value is -2.23. The summed E-state index contributed by atoms with van der Waals surface area (Å²) in [5, 5.41) is 21.8. The Morgan fingerprint density at radius 2 is 1.73 bits per heavy atom. The van der Waals surface area contributed by atoms with Crippen LogP contribution in [0.3, 0.4) is 0 Å². The highest BCUT2D eigenvalue weighted by Gasteiger charge is 2.74. The van der Waals surface area contributed by atoms with Gasteiger partial charge in [0.25, 0.3) is 20.2 Å². The maximum Gasteiger partial charge on any atom is 0.306 e. The molecule has 0 amide bonds. The highest BCUT2D eigenvalue weighted by molar-refractivity contribution is 7.86. The predicted molar refractivity (Wildman–Crippen MR) is 144 cm³/mol. The molecule has 41 heavy (non-hydrogen) atoms. The SMILES string of the molecule is C=C1C[C@H]2[C@@H]3[C@@H](OS(C)(=O)=O)[C@@H](OS(C)(=O)=O)C4=CC(=O)C=C[C@]4(C)[C@H]3[C@@H](O)C[C@]2(C)[C@]1(OC(=O)CC)C(=O)CO. The molecule has 0 aromatic carbocycles. The van der Waals surface area contributed by atoms with Crippen molar-refractivity contribution in [1.82, 2.24) is 0 Å². The second-order valence-electron chi connectivity index (χ2n) is 11.9. The summed E-state index contributed by atoms with van der Waals surface area (Å²) in [6, 6.07) is 0. The van der Waals surface area contributed by atoms with Crippen LogP contribution in [0.25, 0.3) is 0 Å². The first-order valence-electron chi connectivity index (χ1n) is 13.2. The molecule has 0 heterocycles. The lowest BCUT2D eigenvalue weighted by atomic mass is 9.45. The number of Topliss-reactive ketones (excluding diaryl/α,β-unsaturated/α-hetero) is 1. The van der Waals surface area contributed by atoms with Crippen molar-refractivity contribution in [1.29, 1.82) is 0 Å². The number of hydrogen-bond acceptors (Lipinski definition) is 12. The van der Waals surface area contributed by atoms with Crippen molar-refractivity contribution < 1.29 is 54.5 Å². The first kappa shape index (κ1) is 31.7. The van der Waals surface area contributed by atoms with Gasteiger partial charge < -0.3 is 14.9 Å². The quantitative estimate of drug-likeness (QED) is 0.220. The Bertz CT molecular complexity index is 1460. The molecule has 3 saturated carbocycles. The molecular formula is C27H36O12S2. The van der Waals surface area contributed by atoms with Gasteiger partial charge in [0.05, 0.1) is 18.6 Å². The van der Waals surface area contributed by atoms with Crippen molar-refractivity contribution in [3.8, 4) is 0 Å². The molecule has 0 aromatic heterocycles. The average molecular weight is 617 g/mol. The summed E-state index contributed by atoms with van der Waals surface area (Å²) in [7, 11) is -8.54. The van der Waals surface area contributed by atoms with Crippen LogP contribution in [-0.2, 0) is 47.7 Å². The van der Waals surface area contributed by atoms with E-state index in [1.165, 1.54) is 25.2 Å². The van der Waals surface area contributed by atoms with Crippen LogP contribution in [-0.4, -0.2) is 87.6 Å². The first-order valence-corrected chi connectivity index (χ1v) is 16.8. The second-order valence-corrected chi connectivity index (χ2v) is 15.1. The van der Waals surface area contributed by atoms with Crippen LogP contribution in [0.15, 0.2) is 36.0 Å². The van der Waals surface area contributed by atoms with E-state index in [0.717, 1.165) is 12.5 Å². The Morgan fingerprint density at radius 1 is 1.12 bits per heavy atom. The molecule has 0 saturated heterocycles. The van der Waals surface area contributed by atoms with Crippen LogP contribution in [0.5, 0.6) is 0 Å². The van der Waals surface area contributed by atoms with Gasteiger partial charge in [0.2, 0.25) is 5.78 Å². The molecular weight excluding hydrogens is 580 g/mol. The molecule has 14 heteroatoms. The number of aliphatic hydroxyl groups is 2. The van der Waals surface area contributed by atoms with Crippen molar-refractivity contribution in [3.63, 3.8) is 0 Å². The number of aliphatic hydroxyl groups excluding tert-OH is 2. The van der Waals surface area contributed by atoms with E-state index in [1.807, 2.05) is 0 Å². The van der Waals surface area contributed by atoms with Gasteiger partial charge in [0.15, 0.2) is 11.4 Å². The molecule has 2 N–H and O–H groups in total. The van der Waals surface area contributed by atoms with Gasteiger partial charge in [-0.05, 0) is 48.0 Å². The minimum Gasteiger partial charge on any atom is -0.446 e. The minimum atomic E-state index is -4.29. The summed E-state index contributed by atoms with van der Waals surface area (Å²) in [5.74, 6) is -4.73. The van der Waals surface area contributed by atoms with Crippen LogP contribution in [0.1, 0.15) is 40.0 Å². The number of hydrogen-bond donors (Lipinski definition) is 2. The number of fused-ring (bicyclic) bond motifs is 5. The lowest BCUT2D eigenvalue weighted by Gasteiger charge is -2.62. The molecule has 0 aromatic rings. The summed E-state index contributed by atoms with van der Waals surface area (Å²) < 4.78 is 67.0. The normalized spacial score (nSPS) is 40.3.